The molecule has 0 heterocycles. The highest BCUT2D eigenvalue weighted by atomic mass is 19.2. The molecule has 27 heavy (non-hydrogen) atoms. The topological polar surface area (TPSA) is 39.9 Å². The Labute approximate surface area is 154 Å². The largest absolute Gasteiger partial charge is 0.460 e. The Morgan fingerprint density at radius 2 is 1.59 bits per heavy atom. The van der Waals surface area contributed by atoms with Crippen molar-refractivity contribution in [1.82, 2.24) is 0 Å². The molecule has 0 radical (unpaired) electrons. The molecule has 1 saturated carbocycles. The van der Waals surface area contributed by atoms with E-state index >= 15 is 0 Å². The summed E-state index contributed by atoms with van der Waals surface area (Å²) < 4.78 is 65.4. The van der Waals surface area contributed by atoms with E-state index in [1.165, 1.54) is 0 Å². The van der Waals surface area contributed by atoms with E-state index in [1.807, 2.05) is 0 Å². The number of carbonyl (C=O) groups excluding carboxylic acids is 1. The van der Waals surface area contributed by atoms with Gasteiger partial charge in [-0.3, -0.25) is 4.79 Å². The molecule has 1 aliphatic rings. The highest BCUT2D eigenvalue weighted by molar-refractivity contribution is 5.78. The first kappa shape index (κ1) is 20.9. The van der Waals surface area contributed by atoms with Crippen LogP contribution in [0.1, 0.15) is 31.9 Å². The van der Waals surface area contributed by atoms with Crippen LogP contribution in [0.25, 0.3) is 4.85 Å². The first-order valence-electron chi connectivity index (χ1n) is 8.13. The van der Waals surface area contributed by atoms with Crippen molar-refractivity contribution in [2.24, 2.45) is 17.3 Å². The summed E-state index contributed by atoms with van der Waals surface area (Å²) in [6, 6.07) is 0. The summed E-state index contributed by atoms with van der Waals surface area (Å²) in [5.41, 5.74) is -1.94. The van der Waals surface area contributed by atoms with E-state index in [0.717, 1.165) is 7.11 Å². The molecule has 8 heteroatoms. The van der Waals surface area contributed by atoms with Crippen molar-refractivity contribution in [3.63, 3.8) is 0 Å². The molecule has 0 N–H and O–H groups in total. The summed E-state index contributed by atoms with van der Waals surface area (Å²) in [5.74, 6) is -8.02. The zero-order valence-electron chi connectivity index (χ0n) is 15.3. The van der Waals surface area contributed by atoms with Crippen molar-refractivity contribution in [3.8, 4) is 0 Å². The van der Waals surface area contributed by atoms with Crippen molar-refractivity contribution in [2.45, 2.75) is 34.0 Å². The van der Waals surface area contributed by atoms with Gasteiger partial charge in [-0.25, -0.2) is 22.4 Å². The Bertz CT molecular complexity index is 813. The van der Waals surface area contributed by atoms with Gasteiger partial charge in [0, 0.05) is 7.11 Å². The summed E-state index contributed by atoms with van der Waals surface area (Å²) in [6.45, 7) is 10.5. The van der Waals surface area contributed by atoms with Gasteiger partial charge in [-0.1, -0.05) is 19.9 Å². The smallest absolute Gasteiger partial charge is 0.310 e. The average molecular weight is 385 g/mol. The van der Waals surface area contributed by atoms with Gasteiger partial charge in [0.15, 0.2) is 29.0 Å². The van der Waals surface area contributed by atoms with Crippen LogP contribution in [0.15, 0.2) is 11.8 Å². The van der Waals surface area contributed by atoms with Crippen LogP contribution in [0.5, 0.6) is 0 Å². The van der Waals surface area contributed by atoms with Crippen LogP contribution in [0.2, 0.25) is 0 Å². The van der Waals surface area contributed by atoms with Gasteiger partial charge in [-0.15, -0.1) is 0 Å². The molecular formula is C19H19F4NO3. The van der Waals surface area contributed by atoms with Crippen LogP contribution < -0.4 is 0 Å². The molecule has 0 saturated heterocycles. The molecule has 1 aromatic rings. The van der Waals surface area contributed by atoms with Crippen LogP contribution in [-0.4, -0.2) is 13.1 Å². The van der Waals surface area contributed by atoms with Crippen LogP contribution >= 0.6 is 0 Å². The maximum Gasteiger partial charge on any atom is 0.310 e. The number of allylic oxidation sites excluding steroid dienone is 2. The molecule has 2 rings (SSSR count). The lowest BCUT2D eigenvalue weighted by atomic mass is 10.1. The third-order valence-electron chi connectivity index (χ3n) is 4.85. The van der Waals surface area contributed by atoms with E-state index < -0.39 is 64.9 Å². The van der Waals surface area contributed by atoms with Gasteiger partial charge in [0.1, 0.15) is 6.61 Å². The van der Waals surface area contributed by atoms with Gasteiger partial charge in [0.2, 0.25) is 0 Å². The third kappa shape index (κ3) is 3.83. The maximum atomic E-state index is 14.1. The van der Waals surface area contributed by atoms with Gasteiger partial charge in [0.25, 0.3) is 0 Å². The molecule has 2 atom stereocenters. The summed E-state index contributed by atoms with van der Waals surface area (Å²) >= 11 is 0. The second kappa shape index (κ2) is 7.69. The molecule has 0 aromatic heterocycles. The van der Waals surface area contributed by atoms with Crippen molar-refractivity contribution in [2.75, 3.05) is 7.11 Å². The quantitative estimate of drug-likeness (QED) is 0.313. The third-order valence-corrected chi connectivity index (χ3v) is 4.85. The number of carbonyl (C=O) groups is 1. The summed E-state index contributed by atoms with van der Waals surface area (Å²) in [5, 5.41) is 0. The molecule has 2 unspecified atom stereocenters. The van der Waals surface area contributed by atoms with Gasteiger partial charge in [0.05, 0.1) is 30.2 Å². The molecule has 0 aliphatic heterocycles. The van der Waals surface area contributed by atoms with Gasteiger partial charge in [-0.2, -0.15) is 0 Å². The summed E-state index contributed by atoms with van der Waals surface area (Å²) in [6.07, 6.45) is 1.64. The maximum absolute atomic E-state index is 14.1. The van der Waals surface area contributed by atoms with Gasteiger partial charge in [-0.05, 0) is 18.3 Å². The highest BCUT2D eigenvalue weighted by Crippen LogP contribution is 2.60. The molecule has 0 spiro atoms. The number of hydrogen-bond acceptors (Lipinski definition) is 3. The van der Waals surface area contributed by atoms with E-state index in [1.54, 1.807) is 26.8 Å². The fraction of sp³-hybridized carbons (Fsp3) is 0.474. The van der Waals surface area contributed by atoms with Crippen molar-refractivity contribution < 1.29 is 31.8 Å². The Morgan fingerprint density at radius 3 is 2.04 bits per heavy atom. The second-order valence-corrected chi connectivity index (χ2v) is 7.00. The minimum atomic E-state index is -1.62. The van der Waals surface area contributed by atoms with E-state index in [4.69, 9.17) is 11.3 Å². The molecule has 1 aromatic carbocycles. The SMILES string of the molecule is [C-]#[N+]/C(C)=C\C1C(C(=O)OCc2c(F)c(F)c(COC)c(F)c2F)C1(C)C. The van der Waals surface area contributed by atoms with Crippen LogP contribution in [0, 0.1) is 47.1 Å². The number of esters is 1. The molecule has 1 aliphatic carbocycles. The van der Waals surface area contributed by atoms with Crippen molar-refractivity contribution in [3.05, 3.63) is 57.6 Å². The van der Waals surface area contributed by atoms with Crippen molar-refractivity contribution >= 4 is 5.97 Å². The number of benzene rings is 1. The lowest BCUT2D eigenvalue weighted by Crippen LogP contribution is -2.15. The van der Waals surface area contributed by atoms with Crippen LogP contribution in [0.3, 0.4) is 0 Å². The fourth-order valence-electron chi connectivity index (χ4n) is 3.09. The van der Waals surface area contributed by atoms with E-state index in [9.17, 15) is 22.4 Å². The number of methoxy groups -OCH3 is 1. The zero-order valence-corrected chi connectivity index (χ0v) is 15.3. The Kier molecular flexibility index (Phi) is 5.95. The number of hydrogen-bond donors (Lipinski definition) is 0. The van der Waals surface area contributed by atoms with Crippen LogP contribution in [-0.2, 0) is 27.5 Å². The lowest BCUT2D eigenvalue weighted by molar-refractivity contribution is -0.147. The number of halogens is 4. The van der Waals surface area contributed by atoms with Gasteiger partial charge < -0.3 is 9.47 Å². The van der Waals surface area contributed by atoms with E-state index in [-0.39, 0.29) is 5.92 Å². The Hall–Kier alpha value is -2.40. The van der Waals surface area contributed by atoms with Gasteiger partial charge >= 0.3 is 5.97 Å². The average Bonchev–Trinajstić information content (AvgIpc) is 3.16. The predicted octanol–water partition coefficient (Wildman–Crippen LogP) is 4.53. The molecule has 4 nitrogen and oxygen atoms in total. The molecule has 146 valence electrons. The van der Waals surface area contributed by atoms with E-state index in [0.29, 0.717) is 5.70 Å². The number of ether oxygens (including phenoxy) is 2. The van der Waals surface area contributed by atoms with E-state index in [2.05, 4.69) is 9.58 Å². The molecule has 0 bridgehead atoms. The first-order chi connectivity index (χ1) is 12.6. The second-order valence-electron chi connectivity index (χ2n) is 7.00. The lowest BCUT2D eigenvalue weighted by Gasteiger charge is -2.12. The first-order valence-corrected chi connectivity index (χ1v) is 8.13. The Morgan fingerprint density at radius 1 is 1.11 bits per heavy atom. The van der Waals surface area contributed by atoms with Crippen LogP contribution in [0.4, 0.5) is 17.6 Å². The fourth-order valence-corrected chi connectivity index (χ4v) is 3.09. The Balaban J connectivity index is 2.18. The molecule has 1 fully saturated rings. The number of rotatable bonds is 6. The minimum Gasteiger partial charge on any atom is -0.460 e. The monoisotopic (exact) mass is 385 g/mol. The molecular weight excluding hydrogens is 366 g/mol. The molecule has 0 amide bonds. The standard InChI is InChI=1S/C19H19F4NO3/c1-9(24-4)6-12-13(19(12,2)3)18(25)27-8-11-16(22)14(20)10(7-26-5)15(21)17(11)23/h6,12-13H,7-8H2,1-3,5H3/b9-6-. The normalized spacial score (nSPS) is 20.9. The summed E-state index contributed by atoms with van der Waals surface area (Å²) in [4.78, 5) is 15.5. The zero-order chi connectivity index (χ0) is 20.5. The number of nitrogens with zero attached hydrogens (tertiary/aromatic N) is 1. The van der Waals surface area contributed by atoms with Crippen molar-refractivity contribution in [1.29, 1.82) is 0 Å². The predicted molar refractivity (Wildman–Crippen MR) is 87.9 cm³/mol. The summed E-state index contributed by atoms with van der Waals surface area (Å²) in [7, 11) is 1.13. The highest BCUT2D eigenvalue weighted by Gasteiger charge is 2.61. The minimum absolute atomic E-state index is 0.258.